The summed E-state index contributed by atoms with van der Waals surface area (Å²) in [4.78, 5) is 18.6. The van der Waals surface area contributed by atoms with Crippen LogP contribution in [0.2, 0.25) is 0 Å². The third-order valence-electron chi connectivity index (χ3n) is 4.52. The van der Waals surface area contributed by atoms with Crippen molar-refractivity contribution in [3.8, 4) is 17.1 Å². The highest BCUT2D eigenvalue weighted by Crippen LogP contribution is 2.21. The Morgan fingerprint density at radius 2 is 1.79 bits per heavy atom. The standard InChI is InChI=1S/C22H25N3O3/c1-14-7-10-18(11-8-14)21-23-20(28-24-21)13-25(5)22(26)17(4)27-19-12-15(2)6-9-16(19)3/h6-12,17H,13H2,1-5H3. The molecule has 0 spiro atoms. The van der Waals surface area contributed by atoms with Gasteiger partial charge in [-0.1, -0.05) is 47.1 Å². The molecule has 0 aliphatic rings. The lowest BCUT2D eigenvalue weighted by atomic mass is 10.1. The van der Waals surface area contributed by atoms with E-state index in [9.17, 15) is 4.79 Å². The average molecular weight is 379 g/mol. The van der Waals surface area contributed by atoms with E-state index in [0.717, 1.165) is 22.3 Å². The molecule has 146 valence electrons. The van der Waals surface area contributed by atoms with Crippen LogP contribution in [-0.4, -0.2) is 34.1 Å². The van der Waals surface area contributed by atoms with Crippen LogP contribution < -0.4 is 4.74 Å². The number of aromatic nitrogens is 2. The molecule has 0 N–H and O–H groups in total. The van der Waals surface area contributed by atoms with Gasteiger partial charge in [0, 0.05) is 12.6 Å². The van der Waals surface area contributed by atoms with Gasteiger partial charge in [0.15, 0.2) is 6.10 Å². The summed E-state index contributed by atoms with van der Waals surface area (Å²) >= 11 is 0. The summed E-state index contributed by atoms with van der Waals surface area (Å²) in [5.74, 6) is 1.45. The van der Waals surface area contributed by atoms with Crippen LogP contribution in [0.1, 0.15) is 29.5 Å². The minimum Gasteiger partial charge on any atom is -0.481 e. The molecule has 28 heavy (non-hydrogen) atoms. The predicted molar refractivity (Wildman–Crippen MR) is 107 cm³/mol. The first-order valence-corrected chi connectivity index (χ1v) is 9.22. The Labute approximate surface area is 165 Å². The lowest BCUT2D eigenvalue weighted by Crippen LogP contribution is -2.37. The van der Waals surface area contributed by atoms with Crippen molar-refractivity contribution in [2.75, 3.05) is 7.05 Å². The quantitative estimate of drug-likeness (QED) is 0.645. The van der Waals surface area contributed by atoms with Crippen LogP contribution in [0.3, 0.4) is 0 Å². The summed E-state index contributed by atoms with van der Waals surface area (Å²) in [6, 6.07) is 13.8. The summed E-state index contributed by atoms with van der Waals surface area (Å²) in [5.41, 5.74) is 4.12. The number of carbonyl (C=O) groups excluding carboxylic acids is 1. The molecule has 0 fully saturated rings. The van der Waals surface area contributed by atoms with E-state index in [2.05, 4.69) is 10.1 Å². The van der Waals surface area contributed by atoms with Crippen molar-refractivity contribution in [2.24, 2.45) is 0 Å². The van der Waals surface area contributed by atoms with E-state index in [1.807, 2.05) is 63.2 Å². The van der Waals surface area contributed by atoms with Crippen molar-refractivity contribution in [3.05, 3.63) is 65.0 Å². The molecule has 1 amide bonds. The fourth-order valence-electron chi connectivity index (χ4n) is 2.81. The zero-order valence-corrected chi connectivity index (χ0v) is 16.9. The van der Waals surface area contributed by atoms with Gasteiger partial charge in [-0.3, -0.25) is 4.79 Å². The molecule has 6 nitrogen and oxygen atoms in total. The first kappa shape index (κ1) is 19.6. The molecule has 0 aliphatic carbocycles. The Morgan fingerprint density at radius 1 is 1.11 bits per heavy atom. The number of nitrogens with zero attached hydrogens (tertiary/aromatic N) is 3. The maximum atomic E-state index is 12.7. The van der Waals surface area contributed by atoms with Gasteiger partial charge in [-0.2, -0.15) is 4.98 Å². The summed E-state index contributed by atoms with van der Waals surface area (Å²) in [7, 11) is 1.70. The third-order valence-corrected chi connectivity index (χ3v) is 4.52. The Kier molecular flexibility index (Phi) is 5.78. The highest BCUT2D eigenvalue weighted by Gasteiger charge is 2.22. The monoisotopic (exact) mass is 379 g/mol. The van der Waals surface area contributed by atoms with E-state index in [0.29, 0.717) is 17.5 Å². The third kappa shape index (κ3) is 4.57. The first-order chi connectivity index (χ1) is 13.3. The molecule has 1 heterocycles. The lowest BCUT2D eigenvalue weighted by molar-refractivity contribution is -0.137. The van der Waals surface area contributed by atoms with Gasteiger partial charge >= 0.3 is 0 Å². The van der Waals surface area contributed by atoms with E-state index in [1.165, 1.54) is 4.90 Å². The van der Waals surface area contributed by atoms with Crippen molar-refractivity contribution in [2.45, 2.75) is 40.3 Å². The zero-order chi connectivity index (χ0) is 20.3. The van der Waals surface area contributed by atoms with Gasteiger partial charge in [-0.25, -0.2) is 0 Å². The largest absolute Gasteiger partial charge is 0.481 e. The van der Waals surface area contributed by atoms with Crippen LogP contribution in [0.25, 0.3) is 11.4 Å². The number of benzene rings is 2. The Balaban J connectivity index is 1.64. The minimum atomic E-state index is -0.620. The summed E-state index contributed by atoms with van der Waals surface area (Å²) in [6.45, 7) is 7.94. The molecule has 0 radical (unpaired) electrons. The summed E-state index contributed by atoms with van der Waals surface area (Å²) < 4.78 is 11.2. The van der Waals surface area contributed by atoms with Crippen LogP contribution >= 0.6 is 0 Å². The van der Waals surface area contributed by atoms with Crippen LogP contribution in [0.5, 0.6) is 5.75 Å². The number of amides is 1. The molecule has 0 bridgehead atoms. The molecule has 2 aromatic carbocycles. The van der Waals surface area contributed by atoms with Crippen LogP contribution in [0.15, 0.2) is 47.0 Å². The van der Waals surface area contributed by atoms with Gasteiger partial charge in [0.2, 0.25) is 11.7 Å². The number of hydrogen-bond acceptors (Lipinski definition) is 5. The molecule has 0 saturated carbocycles. The molecule has 0 saturated heterocycles. The normalized spacial score (nSPS) is 11.9. The van der Waals surface area contributed by atoms with Crippen molar-refractivity contribution >= 4 is 5.91 Å². The highest BCUT2D eigenvalue weighted by molar-refractivity contribution is 5.80. The molecule has 1 atom stereocenters. The van der Waals surface area contributed by atoms with Crippen molar-refractivity contribution in [3.63, 3.8) is 0 Å². The lowest BCUT2D eigenvalue weighted by Gasteiger charge is -2.21. The SMILES string of the molecule is Cc1ccc(-c2noc(CN(C)C(=O)C(C)Oc3cc(C)ccc3C)n2)cc1. The Bertz CT molecular complexity index is 963. The van der Waals surface area contributed by atoms with Gasteiger partial charge in [-0.15, -0.1) is 0 Å². The van der Waals surface area contributed by atoms with Crippen molar-refractivity contribution in [1.82, 2.24) is 15.0 Å². The van der Waals surface area contributed by atoms with E-state index in [4.69, 9.17) is 9.26 Å². The molecule has 1 unspecified atom stereocenters. The Hall–Kier alpha value is -3.15. The van der Waals surface area contributed by atoms with Crippen molar-refractivity contribution < 1.29 is 14.1 Å². The van der Waals surface area contributed by atoms with E-state index in [1.54, 1.807) is 14.0 Å². The first-order valence-electron chi connectivity index (χ1n) is 9.22. The van der Waals surface area contributed by atoms with Gasteiger partial charge in [0.05, 0.1) is 6.54 Å². The number of hydrogen-bond donors (Lipinski definition) is 0. The number of ether oxygens (including phenoxy) is 1. The second-order valence-corrected chi connectivity index (χ2v) is 7.10. The summed E-state index contributed by atoms with van der Waals surface area (Å²) in [5, 5.41) is 4.01. The van der Waals surface area contributed by atoms with E-state index < -0.39 is 6.10 Å². The topological polar surface area (TPSA) is 68.5 Å². The number of rotatable bonds is 6. The Morgan fingerprint density at radius 3 is 2.50 bits per heavy atom. The zero-order valence-electron chi connectivity index (χ0n) is 16.9. The highest BCUT2D eigenvalue weighted by atomic mass is 16.5. The predicted octanol–water partition coefficient (Wildman–Crippen LogP) is 4.09. The van der Waals surface area contributed by atoms with Gasteiger partial charge in [0.25, 0.3) is 5.91 Å². The molecule has 1 aromatic heterocycles. The maximum absolute atomic E-state index is 12.7. The molecule has 0 aliphatic heterocycles. The second-order valence-electron chi connectivity index (χ2n) is 7.10. The molecular weight excluding hydrogens is 354 g/mol. The smallest absolute Gasteiger partial charge is 0.263 e. The fourth-order valence-corrected chi connectivity index (χ4v) is 2.81. The van der Waals surface area contributed by atoms with Crippen molar-refractivity contribution in [1.29, 1.82) is 0 Å². The summed E-state index contributed by atoms with van der Waals surface area (Å²) in [6.07, 6.45) is -0.620. The molecule has 3 aromatic rings. The number of carbonyl (C=O) groups is 1. The number of aryl methyl sites for hydroxylation is 3. The minimum absolute atomic E-state index is 0.156. The second kappa shape index (κ2) is 8.25. The number of likely N-dealkylation sites (N-methyl/N-ethyl adjacent to an activating group) is 1. The van der Waals surface area contributed by atoms with E-state index in [-0.39, 0.29) is 12.5 Å². The molecule has 3 rings (SSSR count). The van der Waals surface area contributed by atoms with Gasteiger partial charge in [-0.05, 0) is 44.9 Å². The van der Waals surface area contributed by atoms with Crippen LogP contribution in [0, 0.1) is 20.8 Å². The average Bonchev–Trinajstić information content (AvgIpc) is 3.13. The fraction of sp³-hybridized carbons (Fsp3) is 0.318. The maximum Gasteiger partial charge on any atom is 0.263 e. The molecular formula is C22H25N3O3. The molecule has 6 heteroatoms. The van der Waals surface area contributed by atoms with E-state index >= 15 is 0 Å². The van der Waals surface area contributed by atoms with Crippen LogP contribution in [-0.2, 0) is 11.3 Å². The van der Waals surface area contributed by atoms with Crippen LogP contribution in [0.4, 0.5) is 0 Å². The van der Waals surface area contributed by atoms with Gasteiger partial charge in [0.1, 0.15) is 5.75 Å². The van der Waals surface area contributed by atoms with Gasteiger partial charge < -0.3 is 14.2 Å².